The van der Waals surface area contributed by atoms with Crippen LogP contribution < -0.4 is 5.32 Å². The number of anilines is 1. The van der Waals surface area contributed by atoms with Crippen molar-refractivity contribution in [2.24, 2.45) is 0 Å². The summed E-state index contributed by atoms with van der Waals surface area (Å²) in [4.78, 5) is 8.20. The van der Waals surface area contributed by atoms with Gasteiger partial charge in [-0.3, -0.25) is 0 Å². The van der Waals surface area contributed by atoms with Gasteiger partial charge in [0.2, 0.25) is 10.0 Å². The molecule has 7 heteroatoms. The van der Waals surface area contributed by atoms with Gasteiger partial charge in [0.25, 0.3) is 0 Å². The van der Waals surface area contributed by atoms with Crippen LogP contribution in [0.25, 0.3) is 0 Å². The predicted octanol–water partition coefficient (Wildman–Crippen LogP) is 0.903. The Kier molecular flexibility index (Phi) is 5.03. The van der Waals surface area contributed by atoms with Crippen LogP contribution in [0.15, 0.2) is 12.4 Å². The zero-order valence-corrected chi connectivity index (χ0v) is 12.0. The minimum Gasteiger partial charge on any atom is -0.369 e. The summed E-state index contributed by atoms with van der Waals surface area (Å²) >= 11 is 0. The zero-order valence-electron chi connectivity index (χ0n) is 11.2. The van der Waals surface area contributed by atoms with Crippen LogP contribution in [0.1, 0.15) is 25.5 Å². The molecule has 1 aromatic heterocycles. The van der Waals surface area contributed by atoms with Crippen molar-refractivity contribution >= 4 is 15.8 Å². The number of nitrogens with one attached hydrogen (secondary N) is 1. The molecule has 1 N–H and O–H groups in total. The summed E-state index contributed by atoms with van der Waals surface area (Å²) in [6.45, 7) is 4.42. The fourth-order valence-corrected chi connectivity index (χ4v) is 2.00. The summed E-state index contributed by atoms with van der Waals surface area (Å²) in [5.41, 5.74) is 0.933. The van der Waals surface area contributed by atoms with Crippen molar-refractivity contribution in [3.8, 4) is 0 Å². The monoisotopic (exact) mass is 272 g/mol. The Morgan fingerprint density at radius 1 is 1.33 bits per heavy atom. The number of hydrogen-bond donors (Lipinski definition) is 1. The molecule has 0 fully saturated rings. The summed E-state index contributed by atoms with van der Waals surface area (Å²) < 4.78 is 24.3. The van der Waals surface area contributed by atoms with Gasteiger partial charge in [-0.2, -0.15) is 0 Å². The average molecular weight is 272 g/mol. The van der Waals surface area contributed by atoms with Crippen molar-refractivity contribution in [1.29, 1.82) is 0 Å². The Bertz CT molecular complexity index is 486. The maximum absolute atomic E-state index is 11.5. The molecular weight excluding hydrogens is 252 g/mol. The largest absolute Gasteiger partial charge is 0.369 e. The first-order valence-corrected chi connectivity index (χ1v) is 7.40. The van der Waals surface area contributed by atoms with E-state index in [2.05, 4.69) is 15.3 Å². The van der Waals surface area contributed by atoms with Gasteiger partial charge in [-0.25, -0.2) is 22.7 Å². The molecule has 18 heavy (non-hydrogen) atoms. The highest BCUT2D eigenvalue weighted by Crippen LogP contribution is 2.13. The normalized spacial score (nSPS) is 12.1. The molecular formula is C11H20N4O2S. The van der Waals surface area contributed by atoms with Gasteiger partial charge in [0.1, 0.15) is 12.1 Å². The van der Waals surface area contributed by atoms with Gasteiger partial charge < -0.3 is 5.32 Å². The van der Waals surface area contributed by atoms with Crippen LogP contribution in [0.3, 0.4) is 0 Å². The van der Waals surface area contributed by atoms with Gasteiger partial charge in [0.15, 0.2) is 0 Å². The Labute approximate surface area is 108 Å². The van der Waals surface area contributed by atoms with E-state index in [4.69, 9.17) is 0 Å². The molecule has 0 bridgehead atoms. The topological polar surface area (TPSA) is 75.2 Å². The number of hydrogen-bond acceptors (Lipinski definition) is 5. The van der Waals surface area contributed by atoms with Gasteiger partial charge in [0, 0.05) is 32.4 Å². The average Bonchev–Trinajstić information content (AvgIpc) is 2.29. The van der Waals surface area contributed by atoms with Crippen molar-refractivity contribution in [1.82, 2.24) is 14.3 Å². The first-order valence-electron chi connectivity index (χ1n) is 5.79. The lowest BCUT2D eigenvalue weighted by molar-refractivity contribution is 0.521. The number of rotatable bonds is 6. The molecule has 0 spiro atoms. The van der Waals surface area contributed by atoms with Gasteiger partial charge in [-0.1, -0.05) is 13.8 Å². The molecule has 0 saturated heterocycles. The highest BCUT2D eigenvalue weighted by Gasteiger charge is 2.12. The molecule has 0 atom stereocenters. The molecule has 6 nitrogen and oxygen atoms in total. The quantitative estimate of drug-likeness (QED) is 0.833. The Morgan fingerprint density at radius 2 is 2.00 bits per heavy atom. The SMILES string of the molecule is CC(C)c1cc(NCCS(=O)(=O)N(C)C)ncn1. The van der Waals surface area contributed by atoms with Crippen molar-refractivity contribution in [2.75, 3.05) is 31.7 Å². The van der Waals surface area contributed by atoms with Crippen LogP contribution in [-0.2, 0) is 10.0 Å². The van der Waals surface area contributed by atoms with E-state index >= 15 is 0 Å². The van der Waals surface area contributed by atoms with Crippen molar-refractivity contribution < 1.29 is 8.42 Å². The van der Waals surface area contributed by atoms with Gasteiger partial charge >= 0.3 is 0 Å². The van der Waals surface area contributed by atoms with Crippen molar-refractivity contribution in [3.63, 3.8) is 0 Å². The van der Waals surface area contributed by atoms with E-state index < -0.39 is 10.0 Å². The Balaban J connectivity index is 2.57. The first kappa shape index (κ1) is 14.8. The summed E-state index contributed by atoms with van der Waals surface area (Å²) in [7, 11) is -0.118. The molecule has 1 heterocycles. The number of sulfonamides is 1. The van der Waals surface area contributed by atoms with Crippen LogP contribution in [0.4, 0.5) is 5.82 Å². The first-order chi connectivity index (χ1) is 8.33. The van der Waals surface area contributed by atoms with E-state index in [1.165, 1.54) is 24.7 Å². The van der Waals surface area contributed by atoms with E-state index in [0.29, 0.717) is 18.3 Å². The lowest BCUT2D eigenvalue weighted by Crippen LogP contribution is -2.28. The van der Waals surface area contributed by atoms with Crippen LogP contribution in [-0.4, -0.2) is 49.1 Å². The third-order valence-electron chi connectivity index (χ3n) is 2.50. The molecule has 1 rings (SSSR count). The molecule has 0 amide bonds. The third kappa shape index (κ3) is 4.23. The minimum absolute atomic E-state index is 0.0427. The lowest BCUT2D eigenvalue weighted by Gasteiger charge is -2.12. The zero-order chi connectivity index (χ0) is 13.8. The van der Waals surface area contributed by atoms with Gasteiger partial charge in [0.05, 0.1) is 5.75 Å². The number of nitrogens with zero attached hydrogens (tertiary/aromatic N) is 3. The van der Waals surface area contributed by atoms with Crippen LogP contribution in [0.2, 0.25) is 0 Å². The molecule has 0 radical (unpaired) electrons. The van der Waals surface area contributed by atoms with Crippen molar-refractivity contribution in [2.45, 2.75) is 19.8 Å². The molecule has 0 aliphatic rings. The summed E-state index contributed by atoms with van der Waals surface area (Å²) in [6.07, 6.45) is 1.48. The van der Waals surface area contributed by atoms with Crippen LogP contribution in [0, 0.1) is 0 Å². The molecule has 0 aliphatic carbocycles. The lowest BCUT2D eigenvalue weighted by atomic mass is 10.1. The fraction of sp³-hybridized carbons (Fsp3) is 0.636. The molecule has 0 aromatic carbocycles. The maximum Gasteiger partial charge on any atom is 0.215 e. The van der Waals surface area contributed by atoms with E-state index in [0.717, 1.165) is 5.69 Å². The van der Waals surface area contributed by atoms with Crippen LogP contribution in [0.5, 0.6) is 0 Å². The highest BCUT2D eigenvalue weighted by molar-refractivity contribution is 7.89. The highest BCUT2D eigenvalue weighted by atomic mass is 32.2. The molecule has 0 saturated carbocycles. The second-order valence-corrected chi connectivity index (χ2v) is 6.81. The van der Waals surface area contributed by atoms with Crippen LogP contribution >= 0.6 is 0 Å². The number of aromatic nitrogens is 2. The maximum atomic E-state index is 11.5. The fourth-order valence-electron chi connectivity index (χ4n) is 1.28. The third-order valence-corrected chi connectivity index (χ3v) is 4.33. The predicted molar refractivity (Wildman–Crippen MR) is 72.1 cm³/mol. The van der Waals surface area contributed by atoms with E-state index in [-0.39, 0.29) is 5.75 Å². The summed E-state index contributed by atoms with van der Waals surface area (Å²) in [6, 6.07) is 1.84. The second kappa shape index (κ2) is 6.10. The van der Waals surface area contributed by atoms with Gasteiger partial charge in [-0.05, 0) is 5.92 Å². The van der Waals surface area contributed by atoms with E-state index in [1.54, 1.807) is 0 Å². The summed E-state index contributed by atoms with van der Waals surface area (Å²) in [5, 5.41) is 2.99. The van der Waals surface area contributed by atoms with Gasteiger partial charge in [-0.15, -0.1) is 0 Å². The second-order valence-electron chi connectivity index (χ2n) is 4.51. The van der Waals surface area contributed by atoms with E-state index in [9.17, 15) is 8.42 Å². The minimum atomic E-state index is -3.17. The summed E-state index contributed by atoms with van der Waals surface area (Å²) in [5.74, 6) is 1.02. The molecule has 0 unspecified atom stereocenters. The van der Waals surface area contributed by atoms with E-state index in [1.807, 2.05) is 19.9 Å². The van der Waals surface area contributed by atoms with Crippen molar-refractivity contribution in [3.05, 3.63) is 18.1 Å². The smallest absolute Gasteiger partial charge is 0.215 e. The Hall–Kier alpha value is -1.21. The molecule has 1 aromatic rings. The molecule has 102 valence electrons. The standard InChI is InChI=1S/C11H20N4O2S/c1-9(2)10-7-11(14-8-13-10)12-5-6-18(16,17)15(3)4/h7-9H,5-6H2,1-4H3,(H,12,13,14). The Morgan fingerprint density at radius 3 is 2.56 bits per heavy atom. The molecule has 0 aliphatic heterocycles.